The van der Waals surface area contributed by atoms with E-state index in [1.807, 2.05) is 48.5 Å². The smallest absolute Gasteiger partial charge is 0.166 e. The Bertz CT molecular complexity index is 945. The van der Waals surface area contributed by atoms with Crippen LogP contribution in [0.4, 0.5) is 0 Å². The van der Waals surface area contributed by atoms with E-state index < -0.39 is 0 Å². The minimum absolute atomic E-state index is 0.328. The molecule has 0 aliphatic rings. The van der Waals surface area contributed by atoms with Gasteiger partial charge < -0.3 is 14.8 Å². The summed E-state index contributed by atoms with van der Waals surface area (Å²) in [5, 5.41) is 5.39. The molecule has 0 radical (unpaired) electrons. The Morgan fingerprint density at radius 3 is 2.34 bits per heavy atom. The largest absolute Gasteiger partial charge is 0.493 e. The van der Waals surface area contributed by atoms with Crippen LogP contribution in [0.15, 0.2) is 60.7 Å². The second kappa shape index (κ2) is 10.7. The van der Waals surface area contributed by atoms with Gasteiger partial charge >= 0.3 is 0 Å². The predicted molar refractivity (Wildman–Crippen MR) is 121 cm³/mol. The lowest BCUT2D eigenvalue weighted by Gasteiger charge is -2.16. The van der Waals surface area contributed by atoms with Gasteiger partial charge in [0.05, 0.1) is 7.11 Å². The van der Waals surface area contributed by atoms with Crippen molar-refractivity contribution in [3.8, 4) is 11.5 Å². The van der Waals surface area contributed by atoms with E-state index in [-0.39, 0.29) is 0 Å². The van der Waals surface area contributed by atoms with Crippen LogP contribution >= 0.6 is 34.8 Å². The molecule has 3 aromatic carbocycles. The Morgan fingerprint density at radius 2 is 1.62 bits per heavy atom. The molecule has 0 aromatic heterocycles. The molecule has 0 atom stereocenters. The average Bonchev–Trinajstić information content (AvgIpc) is 2.72. The molecule has 0 heterocycles. The van der Waals surface area contributed by atoms with E-state index >= 15 is 0 Å². The van der Waals surface area contributed by atoms with Crippen molar-refractivity contribution in [1.82, 2.24) is 5.32 Å². The van der Waals surface area contributed by atoms with Gasteiger partial charge in [-0.15, -0.1) is 0 Å². The summed E-state index contributed by atoms with van der Waals surface area (Å²) in [5.41, 5.74) is 3.12. The summed E-state index contributed by atoms with van der Waals surface area (Å²) >= 11 is 18.2. The van der Waals surface area contributed by atoms with E-state index in [2.05, 4.69) is 5.32 Å². The fraction of sp³-hybridized carbons (Fsp3) is 0.217. The van der Waals surface area contributed by atoms with Crippen molar-refractivity contribution in [2.45, 2.75) is 19.6 Å². The van der Waals surface area contributed by atoms with Gasteiger partial charge in [0, 0.05) is 32.7 Å². The number of hydrogen-bond donors (Lipinski definition) is 1. The van der Waals surface area contributed by atoms with Crippen LogP contribution < -0.4 is 14.8 Å². The average molecular weight is 451 g/mol. The van der Waals surface area contributed by atoms with Crippen molar-refractivity contribution in [2.75, 3.05) is 13.7 Å². The number of hydrogen-bond acceptors (Lipinski definition) is 3. The van der Waals surface area contributed by atoms with Gasteiger partial charge in [-0.1, -0.05) is 65.1 Å². The molecule has 3 rings (SSSR count). The van der Waals surface area contributed by atoms with Crippen LogP contribution in [0.25, 0.3) is 0 Å². The monoisotopic (exact) mass is 449 g/mol. The molecule has 0 bridgehead atoms. The molecule has 29 heavy (non-hydrogen) atoms. The van der Waals surface area contributed by atoms with E-state index in [9.17, 15) is 0 Å². The Hall–Kier alpha value is -1.91. The second-order valence-corrected chi connectivity index (χ2v) is 7.81. The molecule has 3 aromatic rings. The summed E-state index contributed by atoms with van der Waals surface area (Å²) in [6, 6.07) is 19.1. The third-order valence-electron chi connectivity index (χ3n) is 4.49. The zero-order valence-corrected chi connectivity index (χ0v) is 18.3. The first-order chi connectivity index (χ1) is 14.1. The van der Waals surface area contributed by atoms with E-state index in [1.54, 1.807) is 19.2 Å². The molecule has 0 fully saturated rings. The van der Waals surface area contributed by atoms with Crippen LogP contribution in [-0.2, 0) is 19.6 Å². The van der Waals surface area contributed by atoms with Crippen LogP contribution in [0.3, 0.4) is 0 Å². The molecule has 0 aliphatic heterocycles. The number of ether oxygens (including phenoxy) is 2. The molecule has 3 nitrogen and oxygen atoms in total. The van der Waals surface area contributed by atoms with Gasteiger partial charge in [-0.05, 0) is 48.9 Å². The molecular formula is C23H22Cl3NO2. The molecule has 6 heteroatoms. The summed E-state index contributed by atoms with van der Waals surface area (Å²) in [4.78, 5) is 0. The standard InChI is InChI=1S/C23H22Cl3NO2/c1-28-22-4-2-3-17(14-27-12-11-16-5-8-19(24)9-6-16)23(22)29-15-18-7-10-20(25)13-21(18)26/h2-10,13,27H,11-12,14-15H2,1H3. The Balaban J connectivity index is 1.63. The van der Waals surface area contributed by atoms with Crippen LogP contribution in [0.5, 0.6) is 11.5 Å². The van der Waals surface area contributed by atoms with Crippen LogP contribution in [-0.4, -0.2) is 13.7 Å². The molecule has 1 N–H and O–H groups in total. The number of para-hydroxylation sites is 1. The van der Waals surface area contributed by atoms with Gasteiger partial charge in [-0.3, -0.25) is 0 Å². The first kappa shape index (κ1) is 21.8. The number of halogens is 3. The zero-order valence-electron chi connectivity index (χ0n) is 16.1. The van der Waals surface area contributed by atoms with Crippen molar-refractivity contribution in [2.24, 2.45) is 0 Å². The highest BCUT2D eigenvalue weighted by molar-refractivity contribution is 6.35. The van der Waals surface area contributed by atoms with Crippen molar-refractivity contribution >= 4 is 34.8 Å². The van der Waals surface area contributed by atoms with Gasteiger partial charge in [-0.25, -0.2) is 0 Å². The highest BCUT2D eigenvalue weighted by Gasteiger charge is 2.12. The fourth-order valence-electron chi connectivity index (χ4n) is 2.92. The summed E-state index contributed by atoms with van der Waals surface area (Å²) in [6.45, 7) is 1.82. The summed E-state index contributed by atoms with van der Waals surface area (Å²) in [6.07, 6.45) is 0.914. The number of methoxy groups -OCH3 is 1. The predicted octanol–water partition coefficient (Wildman–Crippen LogP) is 6.57. The Labute approximate surface area is 186 Å². The van der Waals surface area contributed by atoms with E-state index in [4.69, 9.17) is 44.3 Å². The number of rotatable bonds is 9. The van der Waals surface area contributed by atoms with Crippen molar-refractivity contribution < 1.29 is 9.47 Å². The molecular weight excluding hydrogens is 429 g/mol. The van der Waals surface area contributed by atoms with Crippen molar-refractivity contribution in [1.29, 1.82) is 0 Å². The van der Waals surface area contributed by atoms with Crippen LogP contribution in [0.2, 0.25) is 15.1 Å². The SMILES string of the molecule is COc1cccc(CNCCc2ccc(Cl)cc2)c1OCc1ccc(Cl)cc1Cl. The first-order valence-corrected chi connectivity index (χ1v) is 10.4. The topological polar surface area (TPSA) is 30.5 Å². The normalized spacial score (nSPS) is 10.8. The van der Waals surface area contributed by atoms with E-state index in [1.165, 1.54) is 5.56 Å². The lowest BCUT2D eigenvalue weighted by molar-refractivity contribution is 0.281. The van der Waals surface area contributed by atoms with Gasteiger partial charge in [0.15, 0.2) is 11.5 Å². The van der Waals surface area contributed by atoms with Crippen LogP contribution in [0, 0.1) is 0 Å². The van der Waals surface area contributed by atoms with Gasteiger partial charge in [0.25, 0.3) is 0 Å². The van der Waals surface area contributed by atoms with Crippen molar-refractivity contribution in [3.05, 3.63) is 92.4 Å². The molecule has 152 valence electrons. The zero-order chi connectivity index (χ0) is 20.6. The Morgan fingerprint density at radius 1 is 0.862 bits per heavy atom. The quantitative estimate of drug-likeness (QED) is 0.374. The second-order valence-electron chi connectivity index (χ2n) is 6.53. The molecule has 0 aliphatic carbocycles. The third kappa shape index (κ3) is 6.28. The number of benzene rings is 3. The minimum Gasteiger partial charge on any atom is -0.493 e. The lowest BCUT2D eigenvalue weighted by Crippen LogP contribution is -2.17. The summed E-state index contributed by atoms with van der Waals surface area (Å²) < 4.78 is 11.6. The molecule has 0 amide bonds. The van der Waals surface area contributed by atoms with Gasteiger partial charge in [-0.2, -0.15) is 0 Å². The van der Waals surface area contributed by atoms with Gasteiger partial charge in [0.2, 0.25) is 0 Å². The molecule has 0 unspecified atom stereocenters. The maximum absolute atomic E-state index is 6.26. The molecule has 0 saturated heterocycles. The first-order valence-electron chi connectivity index (χ1n) is 9.24. The highest BCUT2D eigenvalue weighted by atomic mass is 35.5. The van der Waals surface area contributed by atoms with Gasteiger partial charge in [0.1, 0.15) is 6.61 Å². The minimum atomic E-state index is 0.328. The fourth-order valence-corrected chi connectivity index (χ4v) is 3.51. The van der Waals surface area contributed by atoms with Crippen LogP contribution in [0.1, 0.15) is 16.7 Å². The maximum Gasteiger partial charge on any atom is 0.166 e. The summed E-state index contributed by atoms with van der Waals surface area (Å²) in [5.74, 6) is 1.40. The van der Waals surface area contributed by atoms with E-state index in [0.717, 1.165) is 29.1 Å². The molecule has 0 saturated carbocycles. The highest BCUT2D eigenvalue weighted by Crippen LogP contribution is 2.32. The van der Waals surface area contributed by atoms with E-state index in [0.29, 0.717) is 34.7 Å². The number of nitrogens with one attached hydrogen (secondary N) is 1. The Kier molecular flexibility index (Phi) is 8.08. The van der Waals surface area contributed by atoms with Crippen molar-refractivity contribution in [3.63, 3.8) is 0 Å². The maximum atomic E-state index is 6.26. The lowest BCUT2D eigenvalue weighted by atomic mass is 10.1. The third-order valence-corrected chi connectivity index (χ3v) is 5.33. The summed E-state index contributed by atoms with van der Waals surface area (Å²) in [7, 11) is 1.63. The molecule has 0 spiro atoms.